The van der Waals surface area contributed by atoms with Crippen LogP contribution in [0.5, 0.6) is 0 Å². The monoisotopic (exact) mass is 428 g/mol. The molecule has 0 amide bonds. The number of rotatable bonds is 5. The molecule has 7 heteroatoms. The third-order valence-corrected chi connectivity index (χ3v) is 5.60. The number of aromatic nitrogens is 3. The minimum atomic E-state index is -0.661. The highest BCUT2D eigenvalue weighted by atomic mass is 16.6. The molecule has 0 unspecified atom stereocenters. The number of aliphatic hydroxyl groups is 1. The van der Waals surface area contributed by atoms with Crippen LogP contribution in [-0.4, -0.2) is 37.5 Å². The summed E-state index contributed by atoms with van der Waals surface area (Å²) in [6, 6.07) is 7.73. The van der Waals surface area contributed by atoms with Crippen LogP contribution in [0, 0.1) is 5.41 Å². The Morgan fingerprint density at radius 3 is 2.48 bits per heavy atom. The number of ether oxygens (including phenoxy) is 1. The van der Waals surface area contributed by atoms with E-state index >= 15 is 0 Å². The number of esters is 1. The summed E-state index contributed by atoms with van der Waals surface area (Å²) in [6.45, 7) is 11.9. The van der Waals surface area contributed by atoms with Crippen LogP contribution in [0.15, 0.2) is 30.5 Å². The van der Waals surface area contributed by atoms with Crippen LogP contribution < -0.4 is 5.32 Å². The van der Waals surface area contributed by atoms with Crippen LogP contribution in [0.2, 0.25) is 0 Å². The summed E-state index contributed by atoms with van der Waals surface area (Å²) in [6.07, 6.45) is 4.29. The molecule has 0 radical (unpaired) electrons. The molecule has 2 N–H and O–H groups in total. The van der Waals surface area contributed by atoms with E-state index in [9.17, 15) is 9.90 Å². The van der Waals surface area contributed by atoms with Gasteiger partial charge in [-0.2, -0.15) is 5.10 Å². The summed E-state index contributed by atoms with van der Waals surface area (Å²) >= 11 is 0. The summed E-state index contributed by atoms with van der Waals surface area (Å²) in [5.41, 5.74) is -0.546. The van der Waals surface area contributed by atoms with Crippen molar-refractivity contribution in [2.24, 2.45) is 5.41 Å². The topological polar surface area (TPSA) is 89.3 Å². The zero-order chi connectivity index (χ0) is 22.9. The third kappa shape index (κ3) is 5.85. The molecule has 3 rings (SSSR count). The minimum Gasteiger partial charge on any atom is -0.460 e. The van der Waals surface area contributed by atoms with Crippen LogP contribution >= 0.6 is 0 Å². The molecule has 31 heavy (non-hydrogen) atoms. The number of carbonyl (C=O) groups excluding carboxylic acids is 1. The zero-order valence-corrected chi connectivity index (χ0v) is 19.6. The molecule has 2 aromatic heterocycles. The SMILES string of the molecule is CC(C)(C)OC(=O)C1(Cc2cccc(Nc3ccnn3C(C)(C)C)n2)CCC(O)CC1. The van der Waals surface area contributed by atoms with Crippen LogP contribution in [0.1, 0.15) is 72.9 Å². The van der Waals surface area contributed by atoms with E-state index < -0.39 is 11.0 Å². The second kappa shape index (κ2) is 8.61. The number of aliphatic hydroxyl groups excluding tert-OH is 1. The molecule has 1 aliphatic carbocycles. The number of hydrogen-bond acceptors (Lipinski definition) is 6. The molecule has 7 nitrogen and oxygen atoms in total. The Hall–Kier alpha value is -2.41. The third-order valence-electron chi connectivity index (χ3n) is 5.60. The Kier molecular flexibility index (Phi) is 6.46. The summed E-state index contributed by atoms with van der Waals surface area (Å²) in [4.78, 5) is 18.0. The van der Waals surface area contributed by atoms with Gasteiger partial charge in [-0.15, -0.1) is 0 Å². The van der Waals surface area contributed by atoms with Gasteiger partial charge >= 0.3 is 5.97 Å². The van der Waals surface area contributed by atoms with E-state index in [4.69, 9.17) is 9.72 Å². The fraction of sp³-hybridized carbons (Fsp3) is 0.625. The molecule has 170 valence electrons. The maximum absolute atomic E-state index is 13.2. The largest absolute Gasteiger partial charge is 0.460 e. The van der Waals surface area contributed by atoms with Gasteiger partial charge in [-0.3, -0.25) is 4.79 Å². The number of nitrogens with zero attached hydrogens (tertiary/aromatic N) is 3. The number of anilines is 2. The quantitative estimate of drug-likeness (QED) is 0.678. The van der Waals surface area contributed by atoms with Crippen molar-refractivity contribution >= 4 is 17.6 Å². The Labute approximate surface area is 185 Å². The van der Waals surface area contributed by atoms with Gasteiger partial charge in [0.15, 0.2) is 0 Å². The van der Waals surface area contributed by atoms with E-state index in [0.29, 0.717) is 37.9 Å². The van der Waals surface area contributed by atoms with Crippen molar-refractivity contribution in [3.63, 3.8) is 0 Å². The molecule has 0 spiro atoms. The molecule has 2 aromatic rings. The molecule has 0 bridgehead atoms. The zero-order valence-electron chi connectivity index (χ0n) is 19.6. The summed E-state index contributed by atoms with van der Waals surface area (Å²) in [5, 5.41) is 17.8. The smallest absolute Gasteiger partial charge is 0.312 e. The van der Waals surface area contributed by atoms with Crippen molar-refractivity contribution < 1.29 is 14.6 Å². The molecule has 0 atom stereocenters. The maximum Gasteiger partial charge on any atom is 0.312 e. The first-order valence-corrected chi connectivity index (χ1v) is 11.1. The molecule has 2 heterocycles. The van der Waals surface area contributed by atoms with E-state index in [1.54, 1.807) is 6.20 Å². The lowest BCUT2D eigenvalue weighted by molar-refractivity contribution is -0.171. The van der Waals surface area contributed by atoms with Gasteiger partial charge in [-0.25, -0.2) is 9.67 Å². The van der Waals surface area contributed by atoms with E-state index in [0.717, 1.165) is 11.5 Å². The summed E-state index contributed by atoms with van der Waals surface area (Å²) < 4.78 is 7.70. The standard InChI is InChI=1S/C24H36N4O3/c1-22(2,3)28-20(12-15-25-28)27-19-9-7-8-17(26-19)16-24(13-10-18(29)11-14-24)21(30)31-23(4,5)6/h7-9,12,15,18,29H,10-11,13-14,16H2,1-6H3,(H,26,27). The molecule has 1 saturated carbocycles. The molecule has 0 aromatic carbocycles. The molecule has 1 fully saturated rings. The van der Waals surface area contributed by atoms with Crippen molar-refractivity contribution in [2.45, 2.75) is 90.9 Å². The lowest BCUT2D eigenvalue weighted by atomic mass is 9.70. The second-order valence-corrected chi connectivity index (χ2v) is 10.6. The van der Waals surface area contributed by atoms with Gasteiger partial charge in [0.2, 0.25) is 0 Å². The fourth-order valence-corrected chi connectivity index (χ4v) is 4.05. The fourth-order valence-electron chi connectivity index (χ4n) is 4.05. The predicted molar refractivity (Wildman–Crippen MR) is 121 cm³/mol. The van der Waals surface area contributed by atoms with E-state index in [1.807, 2.05) is 49.7 Å². The van der Waals surface area contributed by atoms with E-state index in [1.165, 1.54) is 0 Å². The maximum atomic E-state index is 13.2. The Bertz CT molecular complexity index is 900. The average Bonchev–Trinajstić information content (AvgIpc) is 3.11. The summed E-state index contributed by atoms with van der Waals surface area (Å²) in [5.74, 6) is 1.37. The Morgan fingerprint density at radius 2 is 1.87 bits per heavy atom. The Morgan fingerprint density at radius 1 is 1.19 bits per heavy atom. The number of pyridine rings is 1. The lowest BCUT2D eigenvalue weighted by Crippen LogP contribution is -2.43. The number of carbonyl (C=O) groups is 1. The van der Waals surface area contributed by atoms with Crippen LogP contribution in [0.3, 0.4) is 0 Å². The van der Waals surface area contributed by atoms with Crippen LogP contribution in [0.4, 0.5) is 11.6 Å². The van der Waals surface area contributed by atoms with Crippen molar-refractivity contribution in [3.8, 4) is 0 Å². The molecule has 0 saturated heterocycles. The molecular weight excluding hydrogens is 392 g/mol. The average molecular weight is 429 g/mol. The minimum absolute atomic E-state index is 0.160. The van der Waals surface area contributed by atoms with Crippen molar-refractivity contribution in [1.29, 1.82) is 0 Å². The van der Waals surface area contributed by atoms with Crippen molar-refractivity contribution in [1.82, 2.24) is 14.8 Å². The molecule has 1 aliphatic rings. The first kappa shape index (κ1) is 23.3. The highest BCUT2D eigenvalue weighted by Gasteiger charge is 2.44. The Balaban J connectivity index is 1.83. The summed E-state index contributed by atoms with van der Waals surface area (Å²) in [7, 11) is 0. The lowest BCUT2D eigenvalue weighted by Gasteiger charge is -2.38. The van der Waals surface area contributed by atoms with Crippen molar-refractivity contribution in [3.05, 3.63) is 36.2 Å². The number of nitrogens with one attached hydrogen (secondary N) is 1. The molecule has 0 aliphatic heterocycles. The number of hydrogen-bond donors (Lipinski definition) is 2. The van der Waals surface area contributed by atoms with Gasteiger partial charge in [-0.05, 0) is 79.4 Å². The normalized spacial score (nSPS) is 22.2. The second-order valence-electron chi connectivity index (χ2n) is 10.6. The van der Waals surface area contributed by atoms with Gasteiger partial charge in [-0.1, -0.05) is 6.07 Å². The van der Waals surface area contributed by atoms with Crippen LogP contribution in [-0.2, 0) is 21.5 Å². The highest BCUT2D eigenvalue weighted by Crippen LogP contribution is 2.41. The van der Waals surface area contributed by atoms with Gasteiger partial charge in [0, 0.05) is 18.2 Å². The van der Waals surface area contributed by atoms with Gasteiger partial charge < -0.3 is 15.2 Å². The van der Waals surface area contributed by atoms with E-state index in [-0.39, 0.29) is 17.6 Å². The molecular formula is C24H36N4O3. The van der Waals surface area contributed by atoms with Gasteiger partial charge in [0.1, 0.15) is 17.2 Å². The van der Waals surface area contributed by atoms with E-state index in [2.05, 4.69) is 31.2 Å². The first-order valence-electron chi connectivity index (χ1n) is 11.1. The van der Waals surface area contributed by atoms with Gasteiger partial charge in [0.05, 0.1) is 23.3 Å². The highest BCUT2D eigenvalue weighted by molar-refractivity contribution is 5.78. The van der Waals surface area contributed by atoms with Crippen molar-refractivity contribution in [2.75, 3.05) is 5.32 Å². The van der Waals surface area contributed by atoms with Gasteiger partial charge in [0.25, 0.3) is 0 Å². The van der Waals surface area contributed by atoms with Crippen LogP contribution in [0.25, 0.3) is 0 Å². The first-order chi connectivity index (χ1) is 14.4. The predicted octanol–water partition coefficient (Wildman–Crippen LogP) is 4.58.